The number of hydrogen-bond acceptors (Lipinski definition) is 3. The fraction of sp³-hybridized carbons (Fsp3) is 0. The Labute approximate surface area is 91.6 Å². The van der Waals surface area contributed by atoms with Gasteiger partial charge in [-0.15, -0.1) is 0 Å². The van der Waals surface area contributed by atoms with Crippen molar-refractivity contribution in [2.24, 2.45) is 27.9 Å². The minimum atomic E-state index is -0.657. The van der Waals surface area contributed by atoms with Gasteiger partial charge in [-0.05, 0) is 12.1 Å². The topological polar surface area (TPSA) is 157 Å². The second-order valence-electron chi connectivity index (χ2n) is 3.05. The molecular formula is C9H12N6O. The number of nitrogens with two attached hydrogens (primary N) is 4. The predicted octanol–water partition coefficient (Wildman–Crippen LogP) is -1.03. The Kier molecular flexibility index (Phi) is 3.09. The van der Waals surface area contributed by atoms with Crippen LogP contribution in [0.1, 0.15) is 15.9 Å². The van der Waals surface area contributed by atoms with Crippen LogP contribution in [0.25, 0.3) is 0 Å². The molecule has 0 radical (unpaired) electrons. The van der Waals surface area contributed by atoms with Gasteiger partial charge < -0.3 is 22.9 Å². The third-order valence-electron chi connectivity index (χ3n) is 1.82. The van der Waals surface area contributed by atoms with Gasteiger partial charge in [-0.25, -0.2) is 4.99 Å². The smallest absolute Gasteiger partial charge is 0.250 e. The van der Waals surface area contributed by atoms with Gasteiger partial charge in [0.1, 0.15) is 5.84 Å². The van der Waals surface area contributed by atoms with Gasteiger partial charge in [0.2, 0.25) is 0 Å². The molecule has 0 saturated carbocycles. The Bertz CT molecular complexity index is 475. The van der Waals surface area contributed by atoms with E-state index in [2.05, 4.69) is 4.99 Å². The van der Waals surface area contributed by atoms with Crippen LogP contribution in [0.3, 0.4) is 0 Å². The molecule has 1 rings (SSSR count). The summed E-state index contributed by atoms with van der Waals surface area (Å²) >= 11 is 0. The molecule has 0 atom stereocenters. The molecular weight excluding hydrogens is 208 g/mol. The molecule has 0 bridgehead atoms. The number of aliphatic imine (C=N–C) groups is 1. The van der Waals surface area contributed by atoms with Gasteiger partial charge in [-0.2, -0.15) is 0 Å². The van der Waals surface area contributed by atoms with Crippen molar-refractivity contribution in [3.05, 3.63) is 29.3 Å². The molecule has 0 spiro atoms. The zero-order chi connectivity index (χ0) is 12.3. The number of hydrogen-bond donors (Lipinski definition) is 5. The summed E-state index contributed by atoms with van der Waals surface area (Å²) < 4.78 is 0. The SMILES string of the molecule is N=C(N)c1ccc(C(N)=O)c(N=C(N)N)c1. The molecule has 0 unspecified atom stereocenters. The second kappa shape index (κ2) is 4.30. The van der Waals surface area contributed by atoms with Crippen LogP contribution in [0.5, 0.6) is 0 Å². The Morgan fingerprint density at radius 3 is 2.25 bits per heavy atom. The molecule has 1 aromatic rings. The van der Waals surface area contributed by atoms with Crippen molar-refractivity contribution >= 4 is 23.4 Å². The van der Waals surface area contributed by atoms with Gasteiger partial charge in [0.15, 0.2) is 5.96 Å². The van der Waals surface area contributed by atoms with Crippen molar-refractivity contribution in [1.29, 1.82) is 5.41 Å². The summed E-state index contributed by atoms with van der Waals surface area (Å²) in [6.45, 7) is 0. The Balaban J connectivity index is 3.38. The van der Waals surface area contributed by atoms with E-state index in [1.807, 2.05) is 0 Å². The molecule has 1 amide bonds. The molecule has 9 N–H and O–H groups in total. The summed E-state index contributed by atoms with van der Waals surface area (Å²) in [5, 5.41) is 7.24. The normalized spacial score (nSPS) is 9.50. The molecule has 0 fully saturated rings. The van der Waals surface area contributed by atoms with Gasteiger partial charge in [0.25, 0.3) is 5.91 Å². The number of nitrogens with one attached hydrogen (secondary N) is 1. The predicted molar refractivity (Wildman–Crippen MR) is 61.4 cm³/mol. The van der Waals surface area contributed by atoms with Crippen molar-refractivity contribution in [3.8, 4) is 0 Å². The van der Waals surface area contributed by atoms with Gasteiger partial charge in [0.05, 0.1) is 11.3 Å². The molecule has 0 saturated heterocycles. The van der Waals surface area contributed by atoms with Gasteiger partial charge >= 0.3 is 0 Å². The Morgan fingerprint density at radius 1 is 1.19 bits per heavy atom. The largest absolute Gasteiger partial charge is 0.384 e. The number of nitrogens with zero attached hydrogens (tertiary/aromatic N) is 1. The Hall–Kier alpha value is -2.57. The number of guanidine groups is 1. The van der Waals surface area contributed by atoms with Gasteiger partial charge in [-0.3, -0.25) is 10.2 Å². The van der Waals surface area contributed by atoms with Crippen molar-refractivity contribution in [2.45, 2.75) is 0 Å². The average Bonchev–Trinajstić information content (AvgIpc) is 2.15. The fourth-order valence-corrected chi connectivity index (χ4v) is 1.14. The van der Waals surface area contributed by atoms with E-state index in [0.717, 1.165) is 0 Å². The number of amides is 1. The molecule has 0 aromatic heterocycles. The van der Waals surface area contributed by atoms with E-state index in [9.17, 15) is 4.79 Å². The third-order valence-corrected chi connectivity index (χ3v) is 1.82. The molecule has 0 aliphatic carbocycles. The molecule has 7 heteroatoms. The lowest BCUT2D eigenvalue weighted by molar-refractivity contribution is 0.100. The van der Waals surface area contributed by atoms with Crippen LogP contribution in [0.2, 0.25) is 0 Å². The first-order chi connectivity index (χ1) is 7.41. The molecule has 84 valence electrons. The highest BCUT2D eigenvalue weighted by molar-refractivity contribution is 6.02. The van der Waals surface area contributed by atoms with E-state index >= 15 is 0 Å². The lowest BCUT2D eigenvalue weighted by Crippen LogP contribution is -2.22. The van der Waals surface area contributed by atoms with Crippen molar-refractivity contribution in [3.63, 3.8) is 0 Å². The van der Waals surface area contributed by atoms with Crippen LogP contribution in [-0.4, -0.2) is 17.7 Å². The lowest BCUT2D eigenvalue weighted by atomic mass is 10.1. The van der Waals surface area contributed by atoms with E-state index in [4.69, 9.17) is 28.3 Å². The maximum atomic E-state index is 11.1. The number of primary amides is 1. The highest BCUT2D eigenvalue weighted by atomic mass is 16.1. The number of nitrogen functional groups attached to an aromatic ring is 1. The molecule has 16 heavy (non-hydrogen) atoms. The van der Waals surface area contributed by atoms with Crippen LogP contribution in [0.15, 0.2) is 23.2 Å². The van der Waals surface area contributed by atoms with Crippen LogP contribution in [0, 0.1) is 5.41 Å². The summed E-state index contributed by atoms with van der Waals surface area (Å²) in [6, 6.07) is 4.33. The highest BCUT2D eigenvalue weighted by Gasteiger charge is 2.09. The van der Waals surface area contributed by atoms with Crippen molar-refractivity contribution < 1.29 is 4.79 Å². The number of carbonyl (C=O) groups is 1. The maximum Gasteiger partial charge on any atom is 0.250 e. The van der Waals surface area contributed by atoms with E-state index in [1.54, 1.807) is 0 Å². The monoisotopic (exact) mass is 220 g/mol. The number of benzene rings is 1. The third kappa shape index (κ3) is 2.47. The first-order valence-corrected chi connectivity index (χ1v) is 4.29. The summed E-state index contributed by atoms with van der Waals surface area (Å²) in [6.07, 6.45) is 0. The minimum absolute atomic E-state index is 0.150. The molecule has 0 aliphatic rings. The van der Waals surface area contributed by atoms with E-state index < -0.39 is 5.91 Å². The van der Waals surface area contributed by atoms with Crippen LogP contribution in [0.4, 0.5) is 5.69 Å². The number of rotatable bonds is 3. The minimum Gasteiger partial charge on any atom is -0.384 e. The summed E-state index contributed by atoms with van der Waals surface area (Å²) in [5.74, 6) is -1.01. The van der Waals surface area contributed by atoms with Crippen molar-refractivity contribution in [1.82, 2.24) is 0 Å². The quantitative estimate of drug-likeness (QED) is 0.326. The van der Waals surface area contributed by atoms with Gasteiger partial charge in [-0.1, -0.05) is 6.07 Å². The summed E-state index contributed by atoms with van der Waals surface area (Å²) in [5.41, 5.74) is 21.6. The fourth-order valence-electron chi connectivity index (χ4n) is 1.14. The van der Waals surface area contributed by atoms with Crippen LogP contribution < -0.4 is 22.9 Å². The lowest BCUT2D eigenvalue weighted by Gasteiger charge is -2.05. The number of amidine groups is 1. The second-order valence-corrected chi connectivity index (χ2v) is 3.05. The van der Waals surface area contributed by atoms with Gasteiger partial charge in [0, 0.05) is 5.56 Å². The zero-order valence-electron chi connectivity index (χ0n) is 8.40. The summed E-state index contributed by atoms with van der Waals surface area (Å²) in [4.78, 5) is 14.8. The maximum absolute atomic E-state index is 11.1. The first-order valence-electron chi connectivity index (χ1n) is 4.29. The van der Waals surface area contributed by atoms with E-state index in [1.165, 1.54) is 18.2 Å². The Morgan fingerprint density at radius 2 is 1.81 bits per heavy atom. The van der Waals surface area contributed by atoms with E-state index in [-0.39, 0.29) is 23.0 Å². The standard InChI is InChI=1S/C9H12N6O/c10-7(11)4-1-2-5(8(12)16)6(3-4)15-9(13)14/h1-3H,(H3,10,11)(H2,12,16)(H4,13,14,15). The molecule has 1 aromatic carbocycles. The van der Waals surface area contributed by atoms with Crippen LogP contribution in [-0.2, 0) is 0 Å². The van der Waals surface area contributed by atoms with E-state index in [0.29, 0.717) is 5.56 Å². The molecule has 0 heterocycles. The number of carbonyl (C=O) groups excluding carboxylic acids is 1. The molecule has 7 nitrogen and oxygen atoms in total. The highest BCUT2D eigenvalue weighted by Crippen LogP contribution is 2.20. The first kappa shape index (κ1) is 11.5. The zero-order valence-corrected chi connectivity index (χ0v) is 8.40. The van der Waals surface area contributed by atoms with Crippen molar-refractivity contribution in [2.75, 3.05) is 0 Å². The van der Waals surface area contributed by atoms with Crippen LogP contribution >= 0.6 is 0 Å². The summed E-state index contributed by atoms with van der Waals surface area (Å²) in [7, 11) is 0. The molecule has 0 aliphatic heterocycles. The average molecular weight is 220 g/mol.